The molecule has 0 aliphatic carbocycles. The Hall–Kier alpha value is -1.95. The van der Waals surface area contributed by atoms with Gasteiger partial charge in [-0.3, -0.25) is 4.79 Å². The van der Waals surface area contributed by atoms with Gasteiger partial charge in [0.05, 0.1) is 11.4 Å². The number of hydrogen-bond donors (Lipinski definition) is 1. The van der Waals surface area contributed by atoms with Gasteiger partial charge >= 0.3 is 0 Å². The van der Waals surface area contributed by atoms with Gasteiger partial charge in [-0.1, -0.05) is 6.07 Å². The number of aryl methyl sites for hydroxylation is 2. The van der Waals surface area contributed by atoms with E-state index in [1.807, 2.05) is 32.0 Å². The fourth-order valence-electron chi connectivity index (χ4n) is 1.76. The van der Waals surface area contributed by atoms with Gasteiger partial charge < -0.3 is 5.32 Å². The van der Waals surface area contributed by atoms with Crippen LogP contribution < -0.4 is 5.32 Å². The highest BCUT2D eigenvalue weighted by Gasteiger charge is 2.15. The molecule has 2 rings (SSSR count). The molecule has 1 amide bonds. The topological polar surface area (TPSA) is 29.1 Å². The highest BCUT2D eigenvalue weighted by atomic mass is 32.2. The zero-order chi connectivity index (χ0) is 16.3. The van der Waals surface area contributed by atoms with E-state index >= 15 is 0 Å². The number of benzene rings is 2. The Morgan fingerprint density at radius 2 is 1.77 bits per heavy atom. The standard InChI is InChI=1S/C16H14F3NOS/c1-9-3-4-11(7-10(9)2)22-8-14(21)20-13-6-5-12(17)15(18)16(13)19/h3-7H,8H2,1-2H3,(H,20,21). The highest BCUT2D eigenvalue weighted by Crippen LogP contribution is 2.23. The molecule has 2 nitrogen and oxygen atoms in total. The van der Waals surface area contributed by atoms with E-state index in [-0.39, 0.29) is 11.4 Å². The van der Waals surface area contributed by atoms with Crippen molar-refractivity contribution in [3.05, 3.63) is 58.9 Å². The minimum atomic E-state index is -1.60. The molecule has 22 heavy (non-hydrogen) atoms. The molecule has 0 atom stereocenters. The average Bonchev–Trinajstić information content (AvgIpc) is 2.49. The number of carbonyl (C=O) groups is 1. The first kappa shape index (κ1) is 16.4. The Kier molecular flexibility index (Phi) is 5.13. The minimum absolute atomic E-state index is 0.0426. The van der Waals surface area contributed by atoms with Gasteiger partial charge in [0.2, 0.25) is 5.91 Å². The number of amides is 1. The summed E-state index contributed by atoms with van der Waals surface area (Å²) in [6, 6.07) is 7.55. The lowest BCUT2D eigenvalue weighted by molar-refractivity contribution is -0.113. The summed E-state index contributed by atoms with van der Waals surface area (Å²) in [6.45, 7) is 3.96. The molecular formula is C16H14F3NOS. The van der Waals surface area contributed by atoms with Gasteiger partial charge in [-0.05, 0) is 49.2 Å². The summed E-state index contributed by atoms with van der Waals surface area (Å²) in [6.07, 6.45) is 0. The molecule has 0 saturated heterocycles. The van der Waals surface area contributed by atoms with Crippen molar-refractivity contribution in [3.63, 3.8) is 0 Å². The van der Waals surface area contributed by atoms with E-state index in [1.165, 1.54) is 11.8 Å². The molecule has 0 aliphatic heterocycles. The first-order valence-corrected chi connectivity index (χ1v) is 7.50. The Labute approximate surface area is 130 Å². The third-order valence-corrected chi connectivity index (χ3v) is 4.15. The van der Waals surface area contributed by atoms with Crippen LogP contribution in [0.5, 0.6) is 0 Å². The van der Waals surface area contributed by atoms with Crippen molar-refractivity contribution in [2.75, 3.05) is 11.1 Å². The fourth-order valence-corrected chi connectivity index (χ4v) is 2.56. The SMILES string of the molecule is Cc1ccc(SCC(=O)Nc2ccc(F)c(F)c2F)cc1C. The predicted molar refractivity (Wildman–Crippen MR) is 81.6 cm³/mol. The zero-order valence-corrected chi connectivity index (χ0v) is 12.9. The molecule has 0 spiro atoms. The Balaban J connectivity index is 1.99. The van der Waals surface area contributed by atoms with Gasteiger partial charge in [-0.2, -0.15) is 0 Å². The quantitative estimate of drug-likeness (QED) is 0.664. The van der Waals surface area contributed by atoms with Crippen molar-refractivity contribution in [1.82, 2.24) is 0 Å². The molecule has 2 aromatic carbocycles. The summed E-state index contributed by atoms with van der Waals surface area (Å²) in [5.41, 5.74) is 1.89. The van der Waals surface area contributed by atoms with Crippen molar-refractivity contribution in [2.45, 2.75) is 18.7 Å². The molecule has 0 unspecified atom stereocenters. The lowest BCUT2D eigenvalue weighted by atomic mass is 10.1. The van der Waals surface area contributed by atoms with Crippen LogP contribution in [0.25, 0.3) is 0 Å². The Bertz CT molecular complexity index is 719. The summed E-state index contributed by atoms with van der Waals surface area (Å²) in [4.78, 5) is 12.7. The van der Waals surface area contributed by atoms with Crippen molar-refractivity contribution < 1.29 is 18.0 Å². The van der Waals surface area contributed by atoms with Gasteiger partial charge in [0.1, 0.15) is 0 Å². The van der Waals surface area contributed by atoms with E-state index in [0.29, 0.717) is 0 Å². The van der Waals surface area contributed by atoms with Crippen molar-refractivity contribution in [1.29, 1.82) is 0 Å². The normalized spacial score (nSPS) is 10.6. The summed E-state index contributed by atoms with van der Waals surface area (Å²) in [7, 11) is 0. The second-order valence-corrected chi connectivity index (χ2v) is 5.85. The summed E-state index contributed by atoms with van der Waals surface area (Å²) in [5, 5.41) is 2.23. The first-order chi connectivity index (χ1) is 10.4. The van der Waals surface area contributed by atoms with Crippen LogP contribution in [-0.2, 0) is 4.79 Å². The van der Waals surface area contributed by atoms with Gasteiger partial charge in [-0.15, -0.1) is 11.8 Å². The van der Waals surface area contributed by atoms with Crippen LogP contribution in [0.2, 0.25) is 0 Å². The maximum atomic E-state index is 13.4. The third kappa shape index (κ3) is 3.82. The number of nitrogens with one attached hydrogen (secondary N) is 1. The average molecular weight is 325 g/mol. The van der Waals surface area contributed by atoms with Gasteiger partial charge in [-0.25, -0.2) is 13.2 Å². The fraction of sp³-hybridized carbons (Fsp3) is 0.188. The molecule has 6 heteroatoms. The molecule has 1 N–H and O–H groups in total. The van der Waals surface area contributed by atoms with E-state index in [1.54, 1.807) is 0 Å². The Morgan fingerprint density at radius 1 is 1.05 bits per heavy atom. The van der Waals surface area contributed by atoms with E-state index in [4.69, 9.17) is 0 Å². The number of thioether (sulfide) groups is 1. The molecule has 0 aromatic heterocycles. The Morgan fingerprint density at radius 3 is 2.45 bits per heavy atom. The highest BCUT2D eigenvalue weighted by molar-refractivity contribution is 8.00. The van der Waals surface area contributed by atoms with Crippen molar-refractivity contribution in [2.24, 2.45) is 0 Å². The van der Waals surface area contributed by atoms with Crippen molar-refractivity contribution >= 4 is 23.4 Å². The molecule has 0 heterocycles. The van der Waals surface area contributed by atoms with Crippen LogP contribution in [0.1, 0.15) is 11.1 Å². The zero-order valence-electron chi connectivity index (χ0n) is 12.0. The lowest BCUT2D eigenvalue weighted by Gasteiger charge is -2.08. The van der Waals surface area contributed by atoms with Gasteiger partial charge in [0, 0.05) is 4.90 Å². The predicted octanol–water partition coefficient (Wildman–Crippen LogP) is 4.45. The van der Waals surface area contributed by atoms with Crippen LogP contribution in [-0.4, -0.2) is 11.7 Å². The molecule has 0 bridgehead atoms. The molecular weight excluding hydrogens is 311 g/mol. The van der Waals surface area contributed by atoms with E-state index in [0.717, 1.165) is 28.2 Å². The molecule has 0 fully saturated rings. The first-order valence-electron chi connectivity index (χ1n) is 6.52. The van der Waals surface area contributed by atoms with Crippen molar-refractivity contribution in [3.8, 4) is 0 Å². The number of hydrogen-bond acceptors (Lipinski definition) is 2. The second kappa shape index (κ2) is 6.87. The lowest BCUT2D eigenvalue weighted by Crippen LogP contribution is -2.15. The van der Waals surface area contributed by atoms with E-state index in [2.05, 4.69) is 5.32 Å². The number of rotatable bonds is 4. The largest absolute Gasteiger partial charge is 0.323 e. The molecule has 116 valence electrons. The van der Waals surface area contributed by atoms with Crippen LogP contribution in [0.3, 0.4) is 0 Å². The summed E-state index contributed by atoms with van der Waals surface area (Å²) < 4.78 is 39.3. The van der Waals surface area contributed by atoms with Crippen LogP contribution >= 0.6 is 11.8 Å². The van der Waals surface area contributed by atoms with E-state index < -0.39 is 23.4 Å². The molecule has 0 aliphatic rings. The van der Waals surface area contributed by atoms with E-state index in [9.17, 15) is 18.0 Å². The number of carbonyl (C=O) groups excluding carboxylic acids is 1. The second-order valence-electron chi connectivity index (χ2n) is 4.81. The number of halogens is 3. The summed E-state index contributed by atoms with van der Waals surface area (Å²) in [5.74, 6) is -4.74. The van der Waals surface area contributed by atoms with Crippen LogP contribution in [0.15, 0.2) is 35.2 Å². The maximum absolute atomic E-state index is 13.4. The monoisotopic (exact) mass is 325 g/mol. The van der Waals surface area contributed by atoms with Gasteiger partial charge in [0.25, 0.3) is 0 Å². The molecule has 2 aromatic rings. The molecule has 0 radical (unpaired) electrons. The maximum Gasteiger partial charge on any atom is 0.234 e. The van der Waals surface area contributed by atoms with Crippen LogP contribution in [0, 0.1) is 31.3 Å². The summed E-state index contributed by atoms with van der Waals surface area (Å²) >= 11 is 1.28. The minimum Gasteiger partial charge on any atom is -0.323 e. The molecule has 0 saturated carbocycles. The van der Waals surface area contributed by atoms with Crippen LogP contribution in [0.4, 0.5) is 18.9 Å². The third-order valence-electron chi connectivity index (χ3n) is 3.16. The smallest absolute Gasteiger partial charge is 0.234 e. The van der Waals surface area contributed by atoms with Gasteiger partial charge in [0.15, 0.2) is 17.5 Å². The number of anilines is 1.